The molecule has 0 saturated heterocycles. The number of carbonyl (C=O) groups is 1. The van der Waals surface area contributed by atoms with Crippen molar-refractivity contribution in [2.45, 2.75) is 13.0 Å². The molecule has 0 aliphatic heterocycles. The van der Waals surface area contributed by atoms with E-state index in [-0.39, 0.29) is 11.9 Å². The fourth-order valence-corrected chi connectivity index (χ4v) is 2.55. The summed E-state index contributed by atoms with van der Waals surface area (Å²) in [6.07, 6.45) is 0. The molecular weight excluding hydrogens is 276 g/mol. The first-order chi connectivity index (χ1) is 9.08. The van der Waals surface area contributed by atoms with Gasteiger partial charge in [0, 0.05) is 16.0 Å². The van der Waals surface area contributed by atoms with Gasteiger partial charge in [0.15, 0.2) is 0 Å². The zero-order chi connectivity index (χ0) is 13.8. The molecule has 2 aromatic rings. The van der Waals surface area contributed by atoms with E-state index in [1.807, 2.05) is 24.4 Å². The average Bonchev–Trinajstić information content (AvgIpc) is 2.92. The lowest BCUT2D eigenvalue weighted by Crippen LogP contribution is -2.26. The van der Waals surface area contributed by atoms with Gasteiger partial charge in [-0.15, -0.1) is 11.3 Å². The van der Waals surface area contributed by atoms with E-state index in [1.165, 1.54) is 0 Å². The Morgan fingerprint density at radius 3 is 2.42 bits per heavy atom. The molecule has 0 saturated carbocycles. The number of thiophene rings is 1. The molecular formula is C14H14N2OS2. The van der Waals surface area contributed by atoms with Crippen molar-refractivity contribution >= 4 is 34.5 Å². The maximum Gasteiger partial charge on any atom is 0.251 e. The van der Waals surface area contributed by atoms with Crippen molar-refractivity contribution in [3.05, 3.63) is 57.8 Å². The predicted octanol–water partition coefficient (Wildman–Crippen LogP) is 2.87. The second-order valence-electron chi connectivity index (χ2n) is 4.15. The molecule has 0 aliphatic rings. The van der Waals surface area contributed by atoms with Crippen LogP contribution in [-0.4, -0.2) is 10.9 Å². The minimum atomic E-state index is -0.101. The summed E-state index contributed by atoms with van der Waals surface area (Å²) in [6, 6.07) is 10.9. The van der Waals surface area contributed by atoms with Crippen LogP contribution in [0, 0.1) is 0 Å². The summed E-state index contributed by atoms with van der Waals surface area (Å²) in [4.78, 5) is 13.5. The van der Waals surface area contributed by atoms with Crippen LogP contribution in [0.1, 0.15) is 33.8 Å². The number of benzene rings is 1. The smallest absolute Gasteiger partial charge is 0.251 e. The first-order valence-corrected chi connectivity index (χ1v) is 7.11. The van der Waals surface area contributed by atoms with Gasteiger partial charge >= 0.3 is 0 Å². The summed E-state index contributed by atoms with van der Waals surface area (Å²) < 4.78 is 0. The van der Waals surface area contributed by atoms with E-state index in [0.717, 1.165) is 10.4 Å². The molecule has 1 aromatic carbocycles. The first kappa shape index (κ1) is 13.7. The van der Waals surface area contributed by atoms with E-state index in [0.29, 0.717) is 10.6 Å². The number of hydrogen-bond acceptors (Lipinski definition) is 3. The second kappa shape index (κ2) is 5.95. The van der Waals surface area contributed by atoms with Crippen molar-refractivity contribution in [1.82, 2.24) is 5.32 Å². The third-order valence-electron chi connectivity index (χ3n) is 2.75. The highest BCUT2D eigenvalue weighted by Gasteiger charge is 2.12. The van der Waals surface area contributed by atoms with Crippen molar-refractivity contribution < 1.29 is 4.79 Å². The van der Waals surface area contributed by atoms with E-state index in [1.54, 1.807) is 35.6 Å². The monoisotopic (exact) mass is 290 g/mol. The summed E-state index contributed by atoms with van der Waals surface area (Å²) in [7, 11) is 0. The highest BCUT2D eigenvalue weighted by atomic mass is 32.1. The van der Waals surface area contributed by atoms with Gasteiger partial charge in [0.05, 0.1) is 6.04 Å². The minimum absolute atomic E-state index is 0.00256. The zero-order valence-corrected chi connectivity index (χ0v) is 12.1. The number of amides is 1. The Labute approximate surface area is 121 Å². The van der Waals surface area contributed by atoms with Gasteiger partial charge in [-0.05, 0) is 30.5 Å². The highest BCUT2D eigenvalue weighted by molar-refractivity contribution is 7.80. The molecule has 0 bridgehead atoms. The van der Waals surface area contributed by atoms with E-state index in [4.69, 9.17) is 18.0 Å². The lowest BCUT2D eigenvalue weighted by atomic mass is 10.1. The average molecular weight is 290 g/mol. The Balaban J connectivity index is 2.05. The van der Waals surface area contributed by atoms with Crippen LogP contribution >= 0.6 is 23.6 Å². The van der Waals surface area contributed by atoms with Crippen LogP contribution in [0.3, 0.4) is 0 Å². The third kappa shape index (κ3) is 3.39. The number of carbonyl (C=O) groups excluding carboxylic acids is 1. The summed E-state index contributed by atoms with van der Waals surface area (Å²) in [6.45, 7) is 1.97. The molecule has 98 valence electrons. The Hall–Kier alpha value is -1.72. The molecule has 1 amide bonds. The maximum atomic E-state index is 12.1. The lowest BCUT2D eigenvalue weighted by molar-refractivity contribution is 0.0940. The fraction of sp³-hybridized carbons (Fsp3) is 0.143. The molecule has 5 heteroatoms. The summed E-state index contributed by atoms with van der Waals surface area (Å²) in [5.74, 6) is -0.101. The molecule has 3 nitrogen and oxygen atoms in total. The second-order valence-corrected chi connectivity index (χ2v) is 5.57. The van der Waals surface area contributed by atoms with Gasteiger partial charge in [0.1, 0.15) is 4.99 Å². The van der Waals surface area contributed by atoms with Gasteiger partial charge in [-0.3, -0.25) is 4.79 Å². The quantitative estimate of drug-likeness (QED) is 0.851. The fourth-order valence-electron chi connectivity index (χ4n) is 1.67. The predicted molar refractivity (Wildman–Crippen MR) is 82.5 cm³/mol. The first-order valence-electron chi connectivity index (χ1n) is 5.82. The topological polar surface area (TPSA) is 55.1 Å². The van der Waals surface area contributed by atoms with Gasteiger partial charge < -0.3 is 11.1 Å². The largest absolute Gasteiger partial charge is 0.389 e. The van der Waals surface area contributed by atoms with E-state index in [2.05, 4.69) is 5.32 Å². The van der Waals surface area contributed by atoms with Crippen LogP contribution in [0.2, 0.25) is 0 Å². The molecule has 1 atom stereocenters. The Morgan fingerprint density at radius 2 is 1.89 bits per heavy atom. The number of rotatable bonds is 4. The van der Waals surface area contributed by atoms with Crippen LogP contribution in [0.15, 0.2) is 41.8 Å². The highest BCUT2D eigenvalue weighted by Crippen LogP contribution is 2.18. The summed E-state index contributed by atoms with van der Waals surface area (Å²) in [5, 5.41) is 4.95. The molecule has 0 radical (unpaired) electrons. The Morgan fingerprint density at radius 1 is 1.26 bits per heavy atom. The van der Waals surface area contributed by atoms with Crippen molar-refractivity contribution in [1.29, 1.82) is 0 Å². The Kier molecular flexibility index (Phi) is 4.29. The third-order valence-corrected chi connectivity index (χ3v) is 4.04. The molecule has 0 aliphatic carbocycles. The van der Waals surface area contributed by atoms with Crippen LogP contribution in [0.4, 0.5) is 0 Å². The SMILES string of the molecule is CC(NC(=O)c1ccc(C(N)=S)cc1)c1cccs1. The van der Waals surface area contributed by atoms with Crippen LogP contribution in [0.25, 0.3) is 0 Å². The number of thiocarbonyl (C=S) groups is 1. The van der Waals surface area contributed by atoms with Crippen LogP contribution in [-0.2, 0) is 0 Å². The summed E-state index contributed by atoms with van der Waals surface area (Å²) >= 11 is 6.50. The van der Waals surface area contributed by atoms with Gasteiger partial charge in [0.2, 0.25) is 0 Å². The number of nitrogens with two attached hydrogens (primary N) is 1. The molecule has 0 spiro atoms. The van der Waals surface area contributed by atoms with E-state index >= 15 is 0 Å². The zero-order valence-electron chi connectivity index (χ0n) is 10.4. The number of hydrogen-bond donors (Lipinski definition) is 2. The van der Waals surface area contributed by atoms with Gasteiger partial charge in [-0.25, -0.2) is 0 Å². The molecule has 1 aromatic heterocycles. The molecule has 2 rings (SSSR count). The standard InChI is InChI=1S/C14H14N2OS2/c1-9(12-3-2-8-19-12)16-14(17)11-6-4-10(5-7-11)13(15)18/h2-9H,1H3,(H2,15,18)(H,16,17). The maximum absolute atomic E-state index is 12.1. The van der Waals surface area contributed by atoms with Crippen LogP contribution < -0.4 is 11.1 Å². The van der Waals surface area contributed by atoms with Crippen molar-refractivity contribution in [2.75, 3.05) is 0 Å². The molecule has 1 heterocycles. The Bertz CT molecular complexity index is 576. The molecule has 19 heavy (non-hydrogen) atoms. The van der Waals surface area contributed by atoms with Gasteiger partial charge in [0.25, 0.3) is 5.91 Å². The van der Waals surface area contributed by atoms with E-state index in [9.17, 15) is 4.79 Å². The lowest BCUT2D eigenvalue weighted by Gasteiger charge is -2.12. The molecule has 3 N–H and O–H groups in total. The van der Waals surface area contributed by atoms with Crippen molar-refractivity contribution in [3.8, 4) is 0 Å². The van der Waals surface area contributed by atoms with Gasteiger partial charge in [-0.2, -0.15) is 0 Å². The molecule has 0 fully saturated rings. The van der Waals surface area contributed by atoms with E-state index < -0.39 is 0 Å². The number of nitrogens with one attached hydrogen (secondary N) is 1. The normalized spacial score (nSPS) is 11.8. The van der Waals surface area contributed by atoms with Crippen LogP contribution in [0.5, 0.6) is 0 Å². The van der Waals surface area contributed by atoms with Crippen molar-refractivity contribution in [2.24, 2.45) is 5.73 Å². The van der Waals surface area contributed by atoms with Gasteiger partial charge in [-0.1, -0.05) is 30.4 Å². The minimum Gasteiger partial charge on any atom is -0.389 e. The molecule has 1 unspecified atom stereocenters. The van der Waals surface area contributed by atoms with Crippen molar-refractivity contribution in [3.63, 3.8) is 0 Å². The summed E-state index contributed by atoms with van der Waals surface area (Å²) in [5.41, 5.74) is 6.88.